The SMILES string of the molecule is Cc1nc(C(C)(C)C)sc1C(=O)N(C)CCC(=O)O. The van der Waals surface area contributed by atoms with Crippen molar-refractivity contribution in [1.29, 1.82) is 0 Å². The van der Waals surface area contributed by atoms with Crippen molar-refractivity contribution in [1.82, 2.24) is 9.88 Å². The van der Waals surface area contributed by atoms with Crippen LogP contribution >= 0.6 is 11.3 Å². The van der Waals surface area contributed by atoms with Gasteiger partial charge in [0, 0.05) is 19.0 Å². The Bertz CT molecular complexity index is 489. The summed E-state index contributed by atoms with van der Waals surface area (Å²) in [6.07, 6.45) is -0.0494. The van der Waals surface area contributed by atoms with Gasteiger partial charge in [0.25, 0.3) is 5.91 Å². The highest BCUT2D eigenvalue weighted by atomic mass is 32.1. The number of hydrogen-bond donors (Lipinski definition) is 1. The maximum absolute atomic E-state index is 12.2. The van der Waals surface area contributed by atoms with Crippen molar-refractivity contribution in [3.05, 3.63) is 15.6 Å². The minimum atomic E-state index is -0.906. The summed E-state index contributed by atoms with van der Waals surface area (Å²) in [5.41, 5.74) is 0.621. The lowest BCUT2D eigenvalue weighted by atomic mass is 9.98. The third-order valence-electron chi connectivity index (χ3n) is 2.64. The third-order valence-corrected chi connectivity index (χ3v) is 4.21. The molecule has 6 heteroatoms. The highest BCUT2D eigenvalue weighted by Gasteiger charge is 2.24. The lowest BCUT2D eigenvalue weighted by Gasteiger charge is -2.15. The molecule has 1 N–H and O–H groups in total. The molecule has 1 heterocycles. The second kappa shape index (κ2) is 5.69. The first-order chi connectivity index (χ1) is 8.62. The Kier molecular flexibility index (Phi) is 4.68. The summed E-state index contributed by atoms with van der Waals surface area (Å²) in [6.45, 7) is 8.16. The number of carbonyl (C=O) groups excluding carboxylic acids is 1. The number of nitrogens with zero attached hydrogens (tertiary/aromatic N) is 2. The minimum Gasteiger partial charge on any atom is -0.481 e. The first-order valence-electron chi connectivity index (χ1n) is 6.08. The fraction of sp³-hybridized carbons (Fsp3) is 0.615. The molecule has 0 radical (unpaired) electrons. The second-order valence-electron chi connectivity index (χ2n) is 5.55. The van der Waals surface area contributed by atoms with Gasteiger partial charge in [-0.2, -0.15) is 0 Å². The molecule has 0 spiro atoms. The average molecular weight is 284 g/mol. The van der Waals surface area contributed by atoms with Gasteiger partial charge < -0.3 is 10.0 Å². The number of rotatable bonds is 4. The van der Waals surface area contributed by atoms with Crippen molar-refractivity contribution < 1.29 is 14.7 Å². The molecular weight excluding hydrogens is 264 g/mol. The lowest BCUT2D eigenvalue weighted by Crippen LogP contribution is -2.28. The van der Waals surface area contributed by atoms with Crippen LogP contribution in [0.4, 0.5) is 0 Å². The van der Waals surface area contributed by atoms with Crippen LogP contribution < -0.4 is 0 Å². The summed E-state index contributed by atoms with van der Waals surface area (Å²) in [5.74, 6) is -1.07. The van der Waals surface area contributed by atoms with E-state index in [1.165, 1.54) is 16.2 Å². The van der Waals surface area contributed by atoms with E-state index >= 15 is 0 Å². The zero-order valence-corrected chi connectivity index (χ0v) is 12.8. The summed E-state index contributed by atoms with van der Waals surface area (Å²) < 4.78 is 0. The second-order valence-corrected chi connectivity index (χ2v) is 6.55. The first-order valence-corrected chi connectivity index (χ1v) is 6.89. The van der Waals surface area contributed by atoms with Crippen LogP contribution in [0.3, 0.4) is 0 Å². The maximum atomic E-state index is 12.2. The first kappa shape index (κ1) is 15.6. The highest BCUT2D eigenvalue weighted by Crippen LogP contribution is 2.29. The number of amides is 1. The van der Waals surface area contributed by atoms with E-state index in [0.717, 1.165) is 5.01 Å². The number of hydrogen-bond acceptors (Lipinski definition) is 4. The van der Waals surface area contributed by atoms with E-state index in [1.807, 2.05) is 27.7 Å². The molecule has 0 aliphatic heterocycles. The molecule has 0 aromatic carbocycles. The standard InChI is InChI=1S/C13H20N2O3S/c1-8-10(19-12(14-8)13(2,3)4)11(18)15(5)7-6-9(16)17/h6-7H2,1-5H3,(H,16,17). The van der Waals surface area contributed by atoms with Gasteiger partial charge in [-0.1, -0.05) is 20.8 Å². The van der Waals surface area contributed by atoms with Gasteiger partial charge in [0.2, 0.25) is 0 Å². The van der Waals surface area contributed by atoms with Gasteiger partial charge in [0.1, 0.15) is 4.88 Å². The van der Waals surface area contributed by atoms with Gasteiger partial charge in [-0.25, -0.2) is 4.98 Å². The fourth-order valence-electron chi connectivity index (χ4n) is 1.45. The number of aromatic nitrogens is 1. The van der Waals surface area contributed by atoms with E-state index in [2.05, 4.69) is 4.98 Å². The normalized spacial score (nSPS) is 11.4. The minimum absolute atomic E-state index is 0.0494. The molecule has 1 rings (SSSR count). The number of carboxylic acids is 1. The van der Waals surface area contributed by atoms with E-state index in [0.29, 0.717) is 10.6 Å². The number of carbonyl (C=O) groups is 2. The molecular formula is C13H20N2O3S. The van der Waals surface area contributed by atoms with Crippen LogP contribution in [0.1, 0.15) is 47.6 Å². The molecule has 19 heavy (non-hydrogen) atoms. The molecule has 0 fully saturated rings. The van der Waals surface area contributed by atoms with Crippen molar-refractivity contribution in [2.24, 2.45) is 0 Å². The molecule has 1 aromatic rings. The number of aliphatic carboxylic acids is 1. The highest BCUT2D eigenvalue weighted by molar-refractivity contribution is 7.14. The average Bonchev–Trinajstić information content (AvgIpc) is 2.66. The Hall–Kier alpha value is -1.43. The number of thiazole rings is 1. The van der Waals surface area contributed by atoms with Gasteiger partial charge in [0.05, 0.1) is 17.1 Å². The molecule has 0 saturated heterocycles. The number of aryl methyl sites for hydroxylation is 1. The van der Waals surface area contributed by atoms with Gasteiger partial charge in [-0.3, -0.25) is 9.59 Å². The van der Waals surface area contributed by atoms with Crippen LogP contribution in [-0.2, 0) is 10.2 Å². The van der Waals surface area contributed by atoms with E-state index in [9.17, 15) is 9.59 Å². The zero-order valence-electron chi connectivity index (χ0n) is 12.0. The van der Waals surface area contributed by atoms with Crippen LogP contribution in [0, 0.1) is 6.92 Å². The van der Waals surface area contributed by atoms with Crippen molar-refractivity contribution in [2.75, 3.05) is 13.6 Å². The smallest absolute Gasteiger partial charge is 0.305 e. The van der Waals surface area contributed by atoms with Crippen LogP contribution in [0.15, 0.2) is 0 Å². The van der Waals surface area contributed by atoms with Crippen LogP contribution in [0.5, 0.6) is 0 Å². The summed E-state index contributed by atoms with van der Waals surface area (Å²) >= 11 is 1.39. The molecule has 0 atom stereocenters. The fourth-order valence-corrected chi connectivity index (χ4v) is 2.57. The Balaban J connectivity index is 2.88. The van der Waals surface area contributed by atoms with E-state index < -0.39 is 5.97 Å². The molecule has 0 bridgehead atoms. The Morgan fingerprint density at radius 2 is 1.95 bits per heavy atom. The van der Waals surface area contributed by atoms with Gasteiger partial charge in [0.15, 0.2) is 0 Å². The van der Waals surface area contributed by atoms with Gasteiger partial charge >= 0.3 is 5.97 Å². The Morgan fingerprint density at radius 3 is 2.37 bits per heavy atom. The summed E-state index contributed by atoms with van der Waals surface area (Å²) in [7, 11) is 1.61. The van der Waals surface area contributed by atoms with E-state index in [1.54, 1.807) is 7.05 Å². The predicted molar refractivity (Wildman–Crippen MR) is 74.8 cm³/mol. The van der Waals surface area contributed by atoms with Crippen LogP contribution in [-0.4, -0.2) is 40.5 Å². The summed E-state index contributed by atoms with van der Waals surface area (Å²) in [4.78, 5) is 29.2. The maximum Gasteiger partial charge on any atom is 0.305 e. The topological polar surface area (TPSA) is 70.5 Å². The largest absolute Gasteiger partial charge is 0.481 e. The quantitative estimate of drug-likeness (QED) is 0.921. The molecule has 106 valence electrons. The molecule has 5 nitrogen and oxygen atoms in total. The summed E-state index contributed by atoms with van der Waals surface area (Å²) in [5, 5.41) is 9.55. The van der Waals surface area contributed by atoms with E-state index in [4.69, 9.17) is 5.11 Å². The molecule has 1 amide bonds. The van der Waals surface area contributed by atoms with Gasteiger partial charge in [-0.15, -0.1) is 11.3 Å². The molecule has 1 aromatic heterocycles. The molecule has 0 aliphatic rings. The third kappa shape index (κ3) is 4.02. The Morgan fingerprint density at radius 1 is 1.37 bits per heavy atom. The van der Waals surface area contributed by atoms with Gasteiger partial charge in [-0.05, 0) is 6.92 Å². The zero-order chi connectivity index (χ0) is 14.8. The Labute approximate surface area is 117 Å². The van der Waals surface area contributed by atoms with Crippen LogP contribution in [0.25, 0.3) is 0 Å². The lowest BCUT2D eigenvalue weighted by molar-refractivity contribution is -0.137. The number of carboxylic acid groups (broad SMARTS) is 1. The van der Waals surface area contributed by atoms with Crippen molar-refractivity contribution in [3.8, 4) is 0 Å². The van der Waals surface area contributed by atoms with Crippen molar-refractivity contribution in [2.45, 2.75) is 39.5 Å². The predicted octanol–water partition coefficient (Wildman–Crippen LogP) is 2.30. The molecule has 0 aliphatic carbocycles. The van der Waals surface area contributed by atoms with Crippen molar-refractivity contribution in [3.63, 3.8) is 0 Å². The van der Waals surface area contributed by atoms with Crippen molar-refractivity contribution >= 4 is 23.2 Å². The molecule has 0 saturated carbocycles. The monoisotopic (exact) mass is 284 g/mol. The van der Waals surface area contributed by atoms with E-state index in [-0.39, 0.29) is 24.3 Å². The van der Waals surface area contributed by atoms with Crippen LogP contribution in [0.2, 0.25) is 0 Å². The molecule has 0 unspecified atom stereocenters. The summed E-state index contributed by atoms with van der Waals surface area (Å²) in [6, 6.07) is 0.